The molecule has 0 amide bonds. The molecule has 0 aliphatic carbocycles. The maximum Gasteiger partial charge on any atom is 0.264 e. The molecule has 0 fully saturated rings. The summed E-state index contributed by atoms with van der Waals surface area (Å²) in [6.45, 7) is 2.95. The Kier molecular flexibility index (Phi) is 10.7. The predicted octanol–water partition coefficient (Wildman–Crippen LogP) is 6.92. The molecule has 0 bridgehead atoms. The number of rotatable bonds is 8. The lowest BCUT2D eigenvalue weighted by Gasteiger charge is -2.39. The number of benzene rings is 4. The molecule has 4 aromatic carbocycles. The molecule has 15 nitrogen and oxygen atoms in total. The van der Waals surface area contributed by atoms with E-state index < -0.39 is 52.0 Å². The van der Waals surface area contributed by atoms with Crippen molar-refractivity contribution in [1.29, 1.82) is 0 Å². The second kappa shape index (κ2) is 16.0. The van der Waals surface area contributed by atoms with Crippen LogP contribution in [0.3, 0.4) is 0 Å². The molecule has 0 radical (unpaired) electrons. The number of Topliss-reactive ketones (excluding diaryl/α,β-unsaturated/α-hetero) is 2. The minimum Gasteiger partial charge on any atom is -0.493 e. The molecular formula is C47H45FO15S. The first-order chi connectivity index (χ1) is 30.6. The first-order valence-corrected chi connectivity index (χ1v) is 22.1. The van der Waals surface area contributed by atoms with Crippen LogP contribution < -0.4 is 47.4 Å². The summed E-state index contributed by atoms with van der Waals surface area (Å²) in [7, 11) is 2.55. The number of methoxy groups -OCH3 is 4. The summed E-state index contributed by atoms with van der Waals surface area (Å²) in [4.78, 5) is 27.1. The smallest absolute Gasteiger partial charge is 0.264 e. The van der Waals surface area contributed by atoms with Crippen molar-refractivity contribution in [2.75, 3.05) is 61.2 Å². The fourth-order valence-electron chi connectivity index (χ4n) is 8.65. The predicted molar refractivity (Wildman–Crippen MR) is 229 cm³/mol. The van der Waals surface area contributed by atoms with Crippen LogP contribution in [-0.4, -0.2) is 105 Å². The van der Waals surface area contributed by atoms with Crippen molar-refractivity contribution in [1.82, 2.24) is 0 Å². The van der Waals surface area contributed by atoms with Gasteiger partial charge in [0.2, 0.25) is 0 Å². The molecule has 0 spiro atoms. The highest BCUT2D eigenvalue weighted by molar-refractivity contribution is 7.86. The Morgan fingerprint density at radius 3 is 1.48 bits per heavy atom. The van der Waals surface area contributed by atoms with E-state index in [1.165, 1.54) is 14.2 Å². The summed E-state index contributed by atoms with van der Waals surface area (Å²) in [5.41, 5.74) is 1.52. The number of hydrogen-bond acceptors (Lipinski definition) is 15. The Labute approximate surface area is 368 Å². The lowest BCUT2D eigenvalue weighted by molar-refractivity contribution is 0.0538. The minimum atomic E-state index is -3.62. The van der Waals surface area contributed by atoms with Gasteiger partial charge in [-0.15, -0.1) is 0 Å². The van der Waals surface area contributed by atoms with Crippen LogP contribution >= 0.6 is 0 Å². The van der Waals surface area contributed by atoms with Crippen molar-refractivity contribution >= 4 is 33.8 Å². The van der Waals surface area contributed by atoms with Gasteiger partial charge in [0.15, 0.2) is 40.2 Å². The van der Waals surface area contributed by atoms with Gasteiger partial charge in [0.05, 0.1) is 68.8 Å². The highest BCUT2D eigenvalue weighted by Gasteiger charge is 2.47. The number of ether oxygens (including phenoxy) is 10. The molecule has 0 aromatic heterocycles. The van der Waals surface area contributed by atoms with Gasteiger partial charge in [0, 0.05) is 23.3 Å². The third kappa shape index (κ3) is 7.39. The lowest BCUT2D eigenvalue weighted by Crippen LogP contribution is -2.43. The van der Waals surface area contributed by atoms with Crippen LogP contribution in [0.25, 0.3) is 12.2 Å². The monoisotopic (exact) mass is 899 g/mol. The molecule has 64 heavy (non-hydrogen) atoms. The van der Waals surface area contributed by atoms with E-state index in [1.54, 1.807) is 101 Å². The molecule has 2 unspecified atom stereocenters. The summed E-state index contributed by atoms with van der Waals surface area (Å²) in [5, 5.41) is 0. The topological polar surface area (TPSA) is 170 Å². The Morgan fingerprint density at radius 2 is 1.06 bits per heavy atom. The molecule has 0 saturated heterocycles. The average molecular weight is 900 g/mol. The van der Waals surface area contributed by atoms with Gasteiger partial charge in [0.1, 0.15) is 78.8 Å². The van der Waals surface area contributed by atoms with E-state index in [4.69, 9.17) is 51.6 Å². The summed E-state index contributed by atoms with van der Waals surface area (Å²) >= 11 is 0. The second-order valence-electron chi connectivity index (χ2n) is 16.4. The number of halogens is 1. The van der Waals surface area contributed by atoms with E-state index in [1.807, 2.05) is 0 Å². The minimum absolute atomic E-state index is 0.0620. The number of alkyl halides is 1. The Morgan fingerprint density at radius 1 is 0.641 bits per heavy atom. The summed E-state index contributed by atoms with van der Waals surface area (Å²) in [6.07, 6.45) is 6.83. The third-order valence-corrected chi connectivity index (χ3v) is 12.5. The van der Waals surface area contributed by atoms with Gasteiger partial charge in [-0.1, -0.05) is 0 Å². The molecule has 10 rings (SSSR count). The van der Waals surface area contributed by atoms with E-state index >= 15 is 0 Å². The van der Waals surface area contributed by atoms with Gasteiger partial charge in [0.25, 0.3) is 10.1 Å². The number of carbonyl (C=O) groups excluding carboxylic acids is 2. The summed E-state index contributed by atoms with van der Waals surface area (Å²) < 4.78 is 98.8. The van der Waals surface area contributed by atoms with Gasteiger partial charge in [-0.2, -0.15) is 8.42 Å². The van der Waals surface area contributed by atoms with E-state index in [-0.39, 0.29) is 31.4 Å². The average Bonchev–Trinajstić information content (AvgIpc) is 3.29. The molecule has 4 aromatic rings. The second-order valence-corrected chi connectivity index (χ2v) is 18.1. The number of ketones is 2. The lowest BCUT2D eigenvalue weighted by atomic mass is 9.81. The van der Waals surface area contributed by atoms with Crippen LogP contribution in [0, 0.1) is 0 Å². The normalized spacial score (nSPS) is 24.9. The zero-order valence-corrected chi connectivity index (χ0v) is 36.8. The van der Waals surface area contributed by atoms with Crippen LogP contribution in [0.5, 0.6) is 57.5 Å². The molecule has 6 heterocycles. The van der Waals surface area contributed by atoms with Crippen LogP contribution in [0.1, 0.15) is 68.7 Å². The van der Waals surface area contributed by atoms with E-state index in [9.17, 15) is 22.4 Å². The van der Waals surface area contributed by atoms with E-state index in [2.05, 4.69) is 0 Å². The Bertz CT molecular complexity index is 2770. The zero-order chi connectivity index (χ0) is 45.3. The van der Waals surface area contributed by atoms with E-state index in [0.29, 0.717) is 90.9 Å². The van der Waals surface area contributed by atoms with Gasteiger partial charge < -0.3 is 47.4 Å². The number of hydrogen-bond donors (Lipinski definition) is 0. The third-order valence-electron chi connectivity index (χ3n) is 11.9. The molecular weight excluding hydrogens is 855 g/mol. The van der Waals surface area contributed by atoms with Crippen molar-refractivity contribution < 1.29 is 73.9 Å². The standard InChI is InChI=1S/C24H24O9S.C23H21FO6/c1-24(12-31-34(4,26)27)8-7-13-16(33-24)6-5-14-22(25)21-15-9-18(28-2)19(29-3)10-17(15)30-11-20(21)32-23(13)14;1-23(11-24)7-6-12-15(30-23)5-4-13-21(25)20-14-8-17(26-2)18(27-3)9-16(14)28-10-19(20)29-22(12)13/h5-10,20-21H,11-12H2,1-4H3;4-9,19-20H,10-11H2,1-3H3/t20-,21+,24?;19-,20+,23?/m11/s1/i;24-1. The largest absolute Gasteiger partial charge is 0.493 e. The fourth-order valence-corrected chi connectivity index (χ4v) is 9.10. The van der Waals surface area contributed by atoms with Crippen LogP contribution in [0.4, 0.5) is 4.39 Å². The molecule has 0 N–H and O–H groups in total. The highest BCUT2D eigenvalue weighted by Crippen LogP contribution is 2.52. The number of fused-ring (bicyclic) bond motifs is 12. The molecule has 0 saturated carbocycles. The summed E-state index contributed by atoms with van der Waals surface area (Å²) in [5.74, 6) is 3.80. The maximum atomic E-state index is 13.6. The van der Waals surface area contributed by atoms with Gasteiger partial charge in [-0.25, -0.2) is 4.39 Å². The molecule has 6 aliphatic heterocycles. The molecule has 336 valence electrons. The van der Waals surface area contributed by atoms with Crippen molar-refractivity contribution in [3.63, 3.8) is 0 Å². The first-order valence-electron chi connectivity index (χ1n) is 20.3. The molecule has 6 atom stereocenters. The van der Waals surface area contributed by atoms with Crippen molar-refractivity contribution in [2.45, 2.75) is 49.1 Å². The molecule has 17 heteroatoms. The van der Waals surface area contributed by atoms with Crippen LogP contribution in [0.15, 0.2) is 60.7 Å². The zero-order valence-electron chi connectivity index (χ0n) is 36.0. The molecule has 6 aliphatic rings. The Hall–Kier alpha value is -6.46. The number of carbonyl (C=O) groups is 2. The van der Waals surface area contributed by atoms with Crippen molar-refractivity contribution in [3.8, 4) is 57.5 Å². The van der Waals surface area contributed by atoms with Gasteiger partial charge in [-0.05, 0) is 74.5 Å². The summed E-state index contributed by atoms with van der Waals surface area (Å²) in [6, 6.07) is 13.7. The Balaban J connectivity index is 0.000000163. The van der Waals surface area contributed by atoms with Crippen LogP contribution in [0.2, 0.25) is 0 Å². The van der Waals surface area contributed by atoms with Crippen molar-refractivity contribution in [2.24, 2.45) is 0 Å². The van der Waals surface area contributed by atoms with Gasteiger partial charge >= 0.3 is 0 Å². The maximum absolute atomic E-state index is 13.6. The fraction of sp³-hybridized carbons (Fsp3) is 0.362. The highest BCUT2D eigenvalue weighted by atomic mass is 32.2. The quantitative estimate of drug-likeness (QED) is 0.167. The van der Waals surface area contributed by atoms with Crippen molar-refractivity contribution in [3.05, 3.63) is 94.1 Å². The van der Waals surface area contributed by atoms with Gasteiger partial charge in [-0.3, -0.25) is 13.8 Å². The van der Waals surface area contributed by atoms with Crippen LogP contribution in [-0.2, 0) is 14.3 Å². The van der Waals surface area contributed by atoms with E-state index in [0.717, 1.165) is 6.26 Å². The SMILES string of the molecule is COc1cc2c(cc1OC)[C@@H]1C(=O)c3ccc4c(c3O[C@@H]1CO2)C=CC(C)(COS(C)(=O)=O)O4.COc1cc2c(cc1OC)[C@@H]1C(=O)c3ccc4c(c3O[C@@H]1CO2)C=CC(C)(C[18F])O4. The first kappa shape index (κ1) is 42.8.